The lowest BCUT2D eigenvalue weighted by molar-refractivity contribution is -0.126. The van der Waals surface area contributed by atoms with Gasteiger partial charge >= 0.3 is 0 Å². The van der Waals surface area contributed by atoms with Crippen molar-refractivity contribution in [2.45, 2.75) is 50.4 Å². The number of carbonyl (C=O) groups is 1. The third kappa shape index (κ3) is 4.53. The molecule has 5 heteroatoms. The van der Waals surface area contributed by atoms with Crippen LogP contribution in [-0.4, -0.2) is 25.5 Å². The van der Waals surface area contributed by atoms with E-state index in [-0.39, 0.29) is 23.7 Å². The van der Waals surface area contributed by atoms with E-state index in [1.54, 1.807) is 0 Å². The number of halogens is 2. The molecule has 24 heavy (non-hydrogen) atoms. The molecule has 2 aliphatic rings. The fourth-order valence-corrected chi connectivity index (χ4v) is 4.54. The normalized spacial score (nSPS) is 22.6. The Kier molecular flexibility index (Phi) is 7.58. The lowest BCUT2D eigenvalue weighted by Gasteiger charge is -2.29. The SMILES string of the molecule is Cl.O=C(NCCC1CCCNC1)C1(c2cccc(Br)c2)CCCC1. The molecule has 1 atom stereocenters. The van der Waals surface area contributed by atoms with Gasteiger partial charge in [-0.25, -0.2) is 0 Å². The average molecular weight is 416 g/mol. The van der Waals surface area contributed by atoms with Gasteiger partial charge < -0.3 is 10.6 Å². The zero-order valence-electron chi connectivity index (χ0n) is 14.2. The maximum atomic E-state index is 13.0. The zero-order chi connectivity index (χ0) is 16.1. The zero-order valence-corrected chi connectivity index (χ0v) is 16.6. The van der Waals surface area contributed by atoms with E-state index >= 15 is 0 Å². The van der Waals surface area contributed by atoms with E-state index in [9.17, 15) is 4.79 Å². The van der Waals surface area contributed by atoms with Gasteiger partial charge in [-0.15, -0.1) is 12.4 Å². The van der Waals surface area contributed by atoms with Gasteiger partial charge in [0, 0.05) is 11.0 Å². The van der Waals surface area contributed by atoms with Crippen molar-refractivity contribution in [1.82, 2.24) is 10.6 Å². The Morgan fingerprint density at radius 1 is 1.29 bits per heavy atom. The van der Waals surface area contributed by atoms with E-state index in [1.807, 2.05) is 12.1 Å². The summed E-state index contributed by atoms with van der Waals surface area (Å²) in [6.07, 6.45) is 7.88. The van der Waals surface area contributed by atoms with Crippen LogP contribution in [-0.2, 0) is 10.2 Å². The number of hydrogen-bond donors (Lipinski definition) is 2. The third-order valence-electron chi connectivity index (χ3n) is 5.51. The van der Waals surface area contributed by atoms with E-state index in [2.05, 4.69) is 38.7 Å². The molecule has 2 N–H and O–H groups in total. The highest BCUT2D eigenvalue weighted by Crippen LogP contribution is 2.42. The first kappa shape index (κ1) is 19.7. The summed E-state index contributed by atoms with van der Waals surface area (Å²) in [7, 11) is 0. The first-order chi connectivity index (χ1) is 11.2. The number of piperidine rings is 1. The third-order valence-corrected chi connectivity index (χ3v) is 6.00. The fourth-order valence-electron chi connectivity index (χ4n) is 4.14. The number of carbonyl (C=O) groups excluding carboxylic acids is 1. The van der Waals surface area contributed by atoms with Gasteiger partial charge in [0.05, 0.1) is 5.41 Å². The molecule has 1 aliphatic carbocycles. The summed E-state index contributed by atoms with van der Waals surface area (Å²) in [4.78, 5) is 13.0. The summed E-state index contributed by atoms with van der Waals surface area (Å²) in [6.45, 7) is 3.06. The molecular formula is C19H28BrClN2O. The number of nitrogens with one attached hydrogen (secondary N) is 2. The molecule has 1 aromatic rings. The molecule has 1 heterocycles. The molecule has 0 bridgehead atoms. The van der Waals surface area contributed by atoms with Crippen molar-refractivity contribution in [3.8, 4) is 0 Å². The van der Waals surface area contributed by atoms with Crippen LogP contribution in [0.1, 0.15) is 50.5 Å². The molecule has 1 aromatic carbocycles. The molecule has 2 fully saturated rings. The number of rotatable bonds is 5. The van der Waals surface area contributed by atoms with E-state index in [1.165, 1.54) is 18.4 Å². The lowest BCUT2D eigenvalue weighted by Crippen LogP contribution is -2.43. The lowest BCUT2D eigenvalue weighted by atomic mass is 9.78. The highest BCUT2D eigenvalue weighted by Gasteiger charge is 2.42. The topological polar surface area (TPSA) is 41.1 Å². The summed E-state index contributed by atoms with van der Waals surface area (Å²) in [5.74, 6) is 0.950. The van der Waals surface area contributed by atoms with Crippen LogP contribution < -0.4 is 10.6 Å². The van der Waals surface area contributed by atoms with Crippen LogP contribution >= 0.6 is 28.3 Å². The fraction of sp³-hybridized carbons (Fsp3) is 0.632. The molecule has 1 aliphatic heterocycles. The molecule has 0 spiro atoms. The Balaban J connectivity index is 0.00000208. The van der Waals surface area contributed by atoms with Gasteiger partial charge in [0.2, 0.25) is 5.91 Å². The van der Waals surface area contributed by atoms with Crippen molar-refractivity contribution < 1.29 is 4.79 Å². The van der Waals surface area contributed by atoms with Crippen LogP contribution in [0.15, 0.2) is 28.7 Å². The van der Waals surface area contributed by atoms with Gasteiger partial charge in [0.15, 0.2) is 0 Å². The number of hydrogen-bond acceptors (Lipinski definition) is 2. The second kappa shape index (κ2) is 9.21. The minimum Gasteiger partial charge on any atom is -0.355 e. The quantitative estimate of drug-likeness (QED) is 0.757. The maximum absolute atomic E-state index is 13.0. The van der Waals surface area contributed by atoms with Gasteiger partial charge in [-0.05, 0) is 68.8 Å². The minimum absolute atomic E-state index is 0. The highest BCUT2D eigenvalue weighted by molar-refractivity contribution is 9.10. The van der Waals surface area contributed by atoms with Gasteiger partial charge in [-0.2, -0.15) is 0 Å². The molecule has 1 amide bonds. The predicted molar refractivity (Wildman–Crippen MR) is 105 cm³/mol. The smallest absolute Gasteiger partial charge is 0.230 e. The first-order valence-corrected chi connectivity index (χ1v) is 9.75. The van der Waals surface area contributed by atoms with E-state index in [0.29, 0.717) is 0 Å². The second-order valence-corrected chi connectivity index (χ2v) is 7.97. The second-order valence-electron chi connectivity index (χ2n) is 7.06. The number of benzene rings is 1. The molecule has 134 valence electrons. The van der Waals surface area contributed by atoms with Crippen molar-refractivity contribution in [3.63, 3.8) is 0 Å². The molecule has 1 saturated heterocycles. The van der Waals surface area contributed by atoms with Crippen molar-refractivity contribution in [2.24, 2.45) is 5.92 Å². The van der Waals surface area contributed by atoms with Crippen LogP contribution in [0.3, 0.4) is 0 Å². The Labute approximate surface area is 159 Å². The van der Waals surface area contributed by atoms with Crippen LogP contribution in [0.2, 0.25) is 0 Å². The molecule has 1 unspecified atom stereocenters. The summed E-state index contributed by atoms with van der Waals surface area (Å²) in [5, 5.41) is 6.70. The predicted octanol–water partition coefficient (Wildman–Crippen LogP) is 4.19. The molecule has 1 saturated carbocycles. The molecule has 3 rings (SSSR count). The summed E-state index contributed by atoms with van der Waals surface area (Å²) in [5.41, 5.74) is 0.857. The Hall–Kier alpha value is -0.580. The van der Waals surface area contributed by atoms with Crippen LogP contribution in [0.4, 0.5) is 0 Å². The van der Waals surface area contributed by atoms with Crippen molar-refractivity contribution in [1.29, 1.82) is 0 Å². The van der Waals surface area contributed by atoms with E-state index in [4.69, 9.17) is 0 Å². The Bertz CT molecular complexity index is 540. The first-order valence-electron chi connectivity index (χ1n) is 8.96. The average Bonchev–Trinajstić information content (AvgIpc) is 3.07. The minimum atomic E-state index is -0.311. The van der Waals surface area contributed by atoms with Crippen LogP contribution in [0.5, 0.6) is 0 Å². The largest absolute Gasteiger partial charge is 0.355 e. The molecular weight excluding hydrogens is 388 g/mol. The van der Waals surface area contributed by atoms with Crippen LogP contribution in [0.25, 0.3) is 0 Å². The Morgan fingerprint density at radius 2 is 2.08 bits per heavy atom. The maximum Gasteiger partial charge on any atom is 0.230 e. The van der Waals surface area contributed by atoms with E-state index < -0.39 is 0 Å². The Morgan fingerprint density at radius 3 is 2.75 bits per heavy atom. The standard InChI is InChI=1S/C19H27BrN2O.ClH/c20-17-7-3-6-16(13-17)19(9-1-2-10-19)18(23)22-12-8-15-5-4-11-21-14-15;/h3,6-7,13,15,21H,1-2,4-5,8-12,14H2,(H,22,23);1H. The summed E-state index contributed by atoms with van der Waals surface area (Å²) in [6, 6.07) is 8.30. The highest BCUT2D eigenvalue weighted by atomic mass is 79.9. The van der Waals surface area contributed by atoms with E-state index in [0.717, 1.165) is 62.1 Å². The molecule has 0 radical (unpaired) electrons. The van der Waals surface area contributed by atoms with Crippen molar-refractivity contribution in [2.75, 3.05) is 19.6 Å². The van der Waals surface area contributed by atoms with Gasteiger partial charge in [0.25, 0.3) is 0 Å². The van der Waals surface area contributed by atoms with Crippen molar-refractivity contribution >= 4 is 34.2 Å². The monoisotopic (exact) mass is 414 g/mol. The number of amides is 1. The van der Waals surface area contributed by atoms with Crippen molar-refractivity contribution in [3.05, 3.63) is 34.3 Å². The summed E-state index contributed by atoms with van der Waals surface area (Å²) >= 11 is 3.55. The van der Waals surface area contributed by atoms with Gasteiger partial charge in [-0.1, -0.05) is 40.9 Å². The van der Waals surface area contributed by atoms with Gasteiger partial charge in [0.1, 0.15) is 0 Å². The summed E-state index contributed by atoms with van der Waals surface area (Å²) < 4.78 is 1.06. The molecule has 3 nitrogen and oxygen atoms in total. The van der Waals surface area contributed by atoms with Crippen LogP contribution in [0, 0.1) is 5.92 Å². The molecule has 0 aromatic heterocycles. The van der Waals surface area contributed by atoms with Gasteiger partial charge in [-0.3, -0.25) is 4.79 Å².